The Hall–Kier alpha value is -2.79. The number of fused-ring (bicyclic) bond motifs is 1. The van der Waals surface area contributed by atoms with Crippen LogP contribution >= 0.6 is 0 Å². The third-order valence-corrected chi connectivity index (χ3v) is 7.89. The van der Waals surface area contributed by atoms with Gasteiger partial charge in [0, 0.05) is 38.2 Å². The number of alkyl halides is 3. The molecule has 33 heavy (non-hydrogen) atoms. The van der Waals surface area contributed by atoms with Gasteiger partial charge in [-0.05, 0) is 54.7 Å². The minimum atomic E-state index is -4.92. The van der Waals surface area contributed by atoms with Crippen molar-refractivity contribution in [1.29, 1.82) is 0 Å². The molecule has 7 nitrogen and oxygen atoms in total. The third kappa shape index (κ3) is 5.25. The van der Waals surface area contributed by atoms with Crippen LogP contribution in [0.15, 0.2) is 47.4 Å². The van der Waals surface area contributed by atoms with Crippen molar-refractivity contribution in [2.24, 2.45) is 5.92 Å². The number of rotatable bonds is 4. The fraction of sp³-hybridized carbons (Fsp3) is 0.409. The molecule has 1 amide bonds. The normalized spacial score (nSPS) is 18.1. The summed E-state index contributed by atoms with van der Waals surface area (Å²) in [7, 11) is -4.03. The first-order valence-electron chi connectivity index (χ1n) is 10.5. The number of phenols is 1. The van der Waals surface area contributed by atoms with Crippen molar-refractivity contribution in [3.8, 4) is 11.5 Å². The Bertz CT molecular complexity index is 1140. The maximum absolute atomic E-state index is 13.0. The lowest BCUT2D eigenvalue weighted by atomic mass is 9.93. The predicted molar refractivity (Wildman–Crippen MR) is 112 cm³/mol. The summed E-state index contributed by atoms with van der Waals surface area (Å²) >= 11 is 0. The van der Waals surface area contributed by atoms with E-state index in [9.17, 15) is 31.5 Å². The monoisotopic (exact) mass is 484 g/mol. The fourth-order valence-electron chi connectivity index (χ4n) is 4.31. The predicted octanol–water partition coefficient (Wildman–Crippen LogP) is 3.28. The van der Waals surface area contributed by atoms with Gasteiger partial charge < -0.3 is 14.7 Å². The Morgan fingerprint density at radius 1 is 1.03 bits per heavy atom. The topological polar surface area (TPSA) is 87.2 Å². The average molecular weight is 484 g/mol. The summed E-state index contributed by atoms with van der Waals surface area (Å²) in [6, 6.07) is 9.42. The minimum Gasteiger partial charge on any atom is -0.508 e. The van der Waals surface area contributed by atoms with Crippen LogP contribution in [0.4, 0.5) is 13.2 Å². The van der Waals surface area contributed by atoms with Gasteiger partial charge in [0.15, 0.2) is 0 Å². The summed E-state index contributed by atoms with van der Waals surface area (Å²) in [5.41, 5.74) is 1.99. The first-order chi connectivity index (χ1) is 15.5. The van der Waals surface area contributed by atoms with Gasteiger partial charge in [0.05, 0.1) is 4.90 Å². The number of nitrogens with zero attached hydrogens (tertiary/aromatic N) is 2. The van der Waals surface area contributed by atoms with E-state index in [2.05, 4.69) is 4.74 Å². The number of carbonyl (C=O) groups excluding carboxylic acids is 1. The molecule has 178 valence electrons. The molecule has 2 heterocycles. The molecular formula is C22H23F3N2O5S. The zero-order valence-electron chi connectivity index (χ0n) is 17.6. The first kappa shape index (κ1) is 23.4. The highest BCUT2D eigenvalue weighted by Gasteiger charge is 2.36. The molecule has 2 aliphatic heterocycles. The van der Waals surface area contributed by atoms with Crippen LogP contribution in [0, 0.1) is 5.92 Å². The lowest BCUT2D eigenvalue weighted by Gasteiger charge is -2.35. The van der Waals surface area contributed by atoms with E-state index in [-0.39, 0.29) is 35.6 Å². The number of hydrogen-bond donors (Lipinski definition) is 1. The maximum atomic E-state index is 13.0. The second-order valence-electron chi connectivity index (χ2n) is 8.16. The molecule has 2 aromatic carbocycles. The van der Waals surface area contributed by atoms with E-state index in [1.54, 1.807) is 17.0 Å². The van der Waals surface area contributed by atoms with Gasteiger partial charge >= 0.3 is 6.36 Å². The highest BCUT2D eigenvalue weighted by Crippen LogP contribution is 2.30. The smallest absolute Gasteiger partial charge is 0.508 e. The molecule has 1 fully saturated rings. The van der Waals surface area contributed by atoms with E-state index in [4.69, 9.17) is 0 Å². The van der Waals surface area contributed by atoms with Crippen LogP contribution in [0.1, 0.15) is 24.0 Å². The van der Waals surface area contributed by atoms with Crippen molar-refractivity contribution in [2.75, 3.05) is 19.6 Å². The number of phenolic OH excluding ortho intramolecular Hbond substituents is 1. The van der Waals surface area contributed by atoms with Gasteiger partial charge in [-0.25, -0.2) is 8.42 Å². The van der Waals surface area contributed by atoms with Crippen LogP contribution < -0.4 is 4.74 Å². The van der Waals surface area contributed by atoms with Crippen LogP contribution in [0.25, 0.3) is 0 Å². The third-order valence-electron chi connectivity index (χ3n) is 5.99. The van der Waals surface area contributed by atoms with Gasteiger partial charge in [0.2, 0.25) is 15.9 Å². The fourth-order valence-corrected chi connectivity index (χ4v) is 5.82. The van der Waals surface area contributed by atoms with E-state index in [1.807, 2.05) is 6.07 Å². The number of benzene rings is 2. The van der Waals surface area contributed by atoms with Gasteiger partial charge in [-0.2, -0.15) is 4.31 Å². The van der Waals surface area contributed by atoms with Crippen LogP contribution in [-0.2, 0) is 27.8 Å². The van der Waals surface area contributed by atoms with Gasteiger partial charge in [-0.1, -0.05) is 12.1 Å². The molecule has 11 heteroatoms. The SMILES string of the molecule is O=C(C1CCN(S(=O)(=O)c2cccc(OC(F)(F)F)c2)CC1)N1CCc2ccc(O)cc2C1. The molecule has 0 unspecified atom stereocenters. The van der Waals surface area contributed by atoms with Crippen LogP contribution in [0.5, 0.6) is 11.5 Å². The van der Waals surface area contributed by atoms with Crippen molar-refractivity contribution >= 4 is 15.9 Å². The lowest BCUT2D eigenvalue weighted by molar-refractivity contribution is -0.274. The van der Waals surface area contributed by atoms with Crippen molar-refractivity contribution < 1.29 is 36.2 Å². The van der Waals surface area contributed by atoms with Crippen molar-refractivity contribution in [3.63, 3.8) is 0 Å². The molecule has 4 rings (SSSR count). The Morgan fingerprint density at radius 3 is 2.45 bits per heavy atom. The lowest BCUT2D eigenvalue weighted by Crippen LogP contribution is -2.45. The summed E-state index contributed by atoms with van der Waals surface area (Å²) in [5.74, 6) is -0.854. The van der Waals surface area contributed by atoms with Crippen LogP contribution in [-0.4, -0.2) is 54.6 Å². The Kier molecular flexibility index (Phi) is 6.28. The molecule has 1 saturated heterocycles. The second kappa shape index (κ2) is 8.86. The second-order valence-corrected chi connectivity index (χ2v) is 10.1. The number of piperidine rings is 1. The average Bonchev–Trinajstić information content (AvgIpc) is 2.77. The van der Waals surface area contributed by atoms with Gasteiger partial charge in [-0.15, -0.1) is 13.2 Å². The van der Waals surface area contributed by atoms with Gasteiger partial charge in [0.1, 0.15) is 11.5 Å². The van der Waals surface area contributed by atoms with E-state index in [1.165, 1.54) is 16.4 Å². The summed E-state index contributed by atoms with van der Waals surface area (Å²) in [6.07, 6.45) is -3.60. The Labute approximate surface area is 189 Å². The Morgan fingerprint density at radius 2 is 1.76 bits per heavy atom. The van der Waals surface area contributed by atoms with Crippen molar-refractivity contribution in [2.45, 2.75) is 37.1 Å². The van der Waals surface area contributed by atoms with E-state index < -0.39 is 22.1 Å². The van der Waals surface area contributed by atoms with Gasteiger partial charge in [0.25, 0.3) is 0 Å². The van der Waals surface area contributed by atoms with Crippen molar-refractivity contribution in [1.82, 2.24) is 9.21 Å². The zero-order chi connectivity index (χ0) is 23.8. The quantitative estimate of drug-likeness (QED) is 0.720. The minimum absolute atomic E-state index is 0.0541. The number of hydrogen-bond acceptors (Lipinski definition) is 5. The molecule has 0 spiro atoms. The zero-order valence-corrected chi connectivity index (χ0v) is 18.4. The maximum Gasteiger partial charge on any atom is 0.573 e. The molecule has 2 aromatic rings. The molecule has 0 aliphatic carbocycles. The molecule has 0 bridgehead atoms. The Balaban J connectivity index is 1.39. The number of ether oxygens (including phenoxy) is 1. The standard InChI is InChI=1S/C22H23F3N2O5S/c23-22(24,25)32-19-2-1-3-20(13-19)33(30,31)27-10-7-16(8-11-27)21(29)26-9-6-15-4-5-18(28)12-17(15)14-26/h1-5,12-13,16,28H,6-11,14H2. The summed E-state index contributed by atoms with van der Waals surface area (Å²) in [5, 5.41) is 9.70. The van der Waals surface area contributed by atoms with E-state index in [0.717, 1.165) is 23.3 Å². The number of amides is 1. The highest BCUT2D eigenvalue weighted by molar-refractivity contribution is 7.89. The largest absolute Gasteiger partial charge is 0.573 e. The van der Waals surface area contributed by atoms with Crippen molar-refractivity contribution in [3.05, 3.63) is 53.6 Å². The summed E-state index contributed by atoms with van der Waals surface area (Å²) in [6.45, 7) is 1.14. The molecule has 1 N–H and O–H groups in total. The summed E-state index contributed by atoms with van der Waals surface area (Å²) in [4.78, 5) is 14.5. The number of halogens is 3. The number of carbonyl (C=O) groups is 1. The molecule has 0 radical (unpaired) electrons. The molecule has 0 aromatic heterocycles. The molecule has 0 saturated carbocycles. The highest BCUT2D eigenvalue weighted by atomic mass is 32.2. The molecule has 2 aliphatic rings. The van der Waals surface area contributed by atoms with Crippen LogP contribution in [0.2, 0.25) is 0 Å². The number of sulfonamides is 1. The number of aromatic hydroxyl groups is 1. The van der Waals surface area contributed by atoms with E-state index in [0.29, 0.717) is 32.4 Å². The van der Waals surface area contributed by atoms with Gasteiger partial charge in [-0.3, -0.25) is 4.79 Å². The van der Waals surface area contributed by atoms with Crippen LogP contribution in [0.3, 0.4) is 0 Å². The molecular weight excluding hydrogens is 461 g/mol. The summed E-state index contributed by atoms with van der Waals surface area (Å²) < 4.78 is 68.3. The van der Waals surface area contributed by atoms with E-state index >= 15 is 0 Å². The molecule has 0 atom stereocenters. The first-order valence-corrected chi connectivity index (χ1v) is 11.9.